The van der Waals surface area contributed by atoms with E-state index in [9.17, 15) is 14.4 Å². The van der Waals surface area contributed by atoms with Crippen LogP contribution in [-0.2, 0) is 9.59 Å². The van der Waals surface area contributed by atoms with Crippen LogP contribution in [0, 0.1) is 0 Å². The van der Waals surface area contributed by atoms with Gasteiger partial charge < -0.3 is 9.47 Å². The van der Waals surface area contributed by atoms with Crippen LogP contribution < -0.4 is 20.3 Å². The molecule has 140 valence electrons. The number of amides is 3. The van der Waals surface area contributed by atoms with Gasteiger partial charge in [0.15, 0.2) is 11.5 Å². The summed E-state index contributed by atoms with van der Waals surface area (Å²) in [4.78, 5) is 35.6. The average Bonchev–Trinajstić information content (AvgIpc) is 2.61. The number of hydrazine groups is 1. The summed E-state index contributed by atoms with van der Waals surface area (Å²) in [5.74, 6) is -0.318. The minimum atomic E-state index is -0.565. The summed E-state index contributed by atoms with van der Waals surface area (Å²) in [5, 5.41) is 4.99. The Morgan fingerprint density at radius 1 is 1.15 bits per heavy atom. The van der Waals surface area contributed by atoms with E-state index >= 15 is 0 Å². The predicted octanol–water partition coefficient (Wildman–Crippen LogP) is 0.852. The molecule has 0 unspecified atom stereocenters. The number of nitrogens with zero attached hydrogens (tertiary/aromatic N) is 2. The lowest BCUT2D eigenvalue weighted by Crippen LogP contribution is -2.46. The van der Waals surface area contributed by atoms with E-state index in [0.29, 0.717) is 11.5 Å². The summed E-state index contributed by atoms with van der Waals surface area (Å²) in [6, 6.07) is 4.71. The van der Waals surface area contributed by atoms with Crippen molar-refractivity contribution in [3.63, 3.8) is 0 Å². The van der Waals surface area contributed by atoms with Crippen molar-refractivity contribution in [2.75, 3.05) is 14.2 Å². The second kappa shape index (κ2) is 8.32. The lowest BCUT2D eigenvalue weighted by atomic mass is 10.1. The second-order valence-electron chi connectivity index (χ2n) is 5.90. The van der Waals surface area contributed by atoms with Gasteiger partial charge in [-0.15, -0.1) is 0 Å². The highest BCUT2D eigenvalue weighted by Gasteiger charge is 2.22. The molecule has 9 nitrogen and oxygen atoms in total. The number of carbonyl (C=O) groups excluding carboxylic acids is 3. The highest BCUT2D eigenvalue weighted by atomic mass is 16.5. The Labute approximate surface area is 151 Å². The molecule has 0 radical (unpaired) electrons. The number of hydrogen-bond acceptors (Lipinski definition) is 6. The standard InChI is InChI=1S/C17H22N4O5/c1-10(2)26-13-7-5-11(9-14(13)25-4)16(23)18-19-17(24)12-6-8-15(22)21(3)20-12/h5,7,9-10H,6,8H2,1-4H3,(H,18,23)(H,19,24). The zero-order chi connectivity index (χ0) is 19.3. The molecule has 1 aliphatic rings. The smallest absolute Gasteiger partial charge is 0.285 e. The van der Waals surface area contributed by atoms with Crippen molar-refractivity contribution in [3.8, 4) is 11.5 Å². The van der Waals surface area contributed by atoms with E-state index in [4.69, 9.17) is 9.47 Å². The molecular formula is C17H22N4O5. The summed E-state index contributed by atoms with van der Waals surface area (Å²) in [5.41, 5.74) is 5.07. The van der Waals surface area contributed by atoms with E-state index in [2.05, 4.69) is 16.0 Å². The molecule has 0 spiro atoms. The third-order valence-corrected chi connectivity index (χ3v) is 3.55. The number of ether oxygens (including phenoxy) is 2. The maximum atomic E-state index is 12.2. The van der Waals surface area contributed by atoms with Gasteiger partial charge in [0.25, 0.3) is 11.8 Å². The third kappa shape index (κ3) is 4.71. The molecule has 1 heterocycles. The molecule has 1 aromatic rings. The Bertz CT molecular complexity index is 745. The molecule has 0 aliphatic carbocycles. The molecule has 0 saturated heterocycles. The first kappa shape index (κ1) is 19.2. The summed E-state index contributed by atoms with van der Waals surface area (Å²) in [6.07, 6.45) is 0.384. The Balaban J connectivity index is 2.00. The summed E-state index contributed by atoms with van der Waals surface area (Å²) in [7, 11) is 2.95. The van der Waals surface area contributed by atoms with E-state index in [-0.39, 0.29) is 36.1 Å². The van der Waals surface area contributed by atoms with Crippen LogP contribution >= 0.6 is 0 Å². The Hall–Kier alpha value is -3.10. The second-order valence-corrected chi connectivity index (χ2v) is 5.90. The van der Waals surface area contributed by atoms with Crippen molar-refractivity contribution < 1.29 is 23.9 Å². The third-order valence-electron chi connectivity index (χ3n) is 3.55. The quantitative estimate of drug-likeness (QED) is 0.755. The first-order valence-electron chi connectivity index (χ1n) is 8.11. The molecule has 3 amide bonds. The molecule has 9 heteroatoms. The van der Waals surface area contributed by atoms with E-state index in [0.717, 1.165) is 5.01 Å². The number of benzene rings is 1. The van der Waals surface area contributed by atoms with Crippen LogP contribution in [0.2, 0.25) is 0 Å². The average molecular weight is 362 g/mol. The van der Waals surface area contributed by atoms with Gasteiger partial charge in [-0.25, -0.2) is 5.01 Å². The van der Waals surface area contributed by atoms with Crippen LogP contribution in [0.15, 0.2) is 23.3 Å². The lowest BCUT2D eigenvalue weighted by Gasteiger charge is -2.19. The fraction of sp³-hybridized carbons (Fsp3) is 0.412. The van der Waals surface area contributed by atoms with Crippen molar-refractivity contribution in [3.05, 3.63) is 23.8 Å². The Kier molecular flexibility index (Phi) is 6.16. The van der Waals surface area contributed by atoms with E-state index in [1.165, 1.54) is 20.2 Å². The molecule has 0 aromatic heterocycles. The van der Waals surface area contributed by atoms with Crippen molar-refractivity contribution in [2.24, 2.45) is 5.10 Å². The number of rotatable bonds is 5. The maximum Gasteiger partial charge on any atom is 0.285 e. The number of nitrogens with one attached hydrogen (secondary N) is 2. The molecule has 0 atom stereocenters. The van der Waals surface area contributed by atoms with Gasteiger partial charge in [0.1, 0.15) is 5.71 Å². The van der Waals surface area contributed by atoms with Gasteiger partial charge >= 0.3 is 0 Å². The lowest BCUT2D eigenvalue weighted by molar-refractivity contribution is -0.130. The van der Waals surface area contributed by atoms with Crippen molar-refractivity contribution >= 4 is 23.4 Å². The molecular weight excluding hydrogens is 340 g/mol. The highest BCUT2D eigenvalue weighted by molar-refractivity contribution is 6.39. The number of hydrogen-bond donors (Lipinski definition) is 2. The molecule has 0 bridgehead atoms. The van der Waals surface area contributed by atoms with Gasteiger partial charge in [-0.2, -0.15) is 5.10 Å². The van der Waals surface area contributed by atoms with Crippen molar-refractivity contribution in [2.45, 2.75) is 32.8 Å². The van der Waals surface area contributed by atoms with Crippen LogP contribution in [0.1, 0.15) is 37.0 Å². The van der Waals surface area contributed by atoms with Crippen LogP contribution in [0.25, 0.3) is 0 Å². The Morgan fingerprint density at radius 3 is 2.46 bits per heavy atom. The minimum absolute atomic E-state index is 0.0378. The molecule has 1 aliphatic heterocycles. The first-order valence-corrected chi connectivity index (χ1v) is 8.11. The van der Waals surface area contributed by atoms with E-state index in [1.54, 1.807) is 12.1 Å². The van der Waals surface area contributed by atoms with Gasteiger partial charge in [-0.1, -0.05) is 0 Å². The van der Waals surface area contributed by atoms with Crippen LogP contribution in [0.3, 0.4) is 0 Å². The van der Waals surface area contributed by atoms with Gasteiger partial charge in [-0.05, 0) is 32.0 Å². The SMILES string of the molecule is COc1cc(C(=O)NNC(=O)C2=NN(C)C(=O)CC2)ccc1OC(C)C. The fourth-order valence-corrected chi connectivity index (χ4v) is 2.25. The van der Waals surface area contributed by atoms with Gasteiger partial charge in [0.05, 0.1) is 13.2 Å². The molecule has 2 N–H and O–H groups in total. The van der Waals surface area contributed by atoms with Gasteiger partial charge in [-0.3, -0.25) is 25.2 Å². The summed E-state index contributed by atoms with van der Waals surface area (Å²) in [6.45, 7) is 3.77. The maximum absolute atomic E-state index is 12.2. The first-order chi connectivity index (χ1) is 12.3. The van der Waals surface area contributed by atoms with Gasteiger partial charge in [0, 0.05) is 25.5 Å². The topological polar surface area (TPSA) is 109 Å². The molecule has 26 heavy (non-hydrogen) atoms. The van der Waals surface area contributed by atoms with Crippen LogP contribution in [0.4, 0.5) is 0 Å². The zero-order valence-electron chi connectivity index (χ0n) is 15.2. The van der Waals surface area contributed by atoms with Gasteiger partial charge in [0.2, 0.25) is 5.91 Å². The molecule has 0 saturated carbocycles. The highest BCUT2D eigenvalue weighted by Crippen LogP contribution is 2.28. The van der Waals surface area contributed by atoms with Crippen LogP contribution in [-0.4, -0.2) is 48.7 Å². The molecule has 1 aromatic carbocycles. The largest absolute Gasteiger partial charge is 0.493 e. The monoisotopic (exact) mass is 362 g/mol. The Morgan fingerprint density at radius 2 is 1.85 bits per heavy atom. The fourth-order valence-electron chi connectivity index (χ4n) is 2.25. The van der Waals surface area contributed by atoms with E-state index in [1.807, 2.05) is 13.8 Å². The minimum Gasteiger partial charge on any atom is -0.493 e. The van der Waals surface area contributed by atoms with Crippen molar-refractivity contribution in [1.82, 2.24) is 15.9 Å². The number of hydrazone groups is 1. The molecule has 0 fully saturated rings. The zero-order valence-corrected chi connectivity index (χ0v) is 15.2. The summed E-state index contributed by atoms with van der Waals surface area (Å²) >= 11 is 0. The molecule has 2 rings (SSSR count). The summed E-state index contributed by atoms with van der Waals surface area (Å²) < 4.78 is 10.8. The normalized spacial score (nSPS) is 14.0. The van der Waals surface area contributed by atoms with Crippen LogP contribution in [0.5, 0.6) is 11.5 Å². The van der Waals surface area contributed by atoms with E-state index < -0.39 is 11.8 Å². The number of methoxy groups -OCH3 is 1. The predicted molar refractivity (Wildman–Crippen MR) is 93.8 cm³/mol. The number of carbonyl (C=O) groups is 3. The van der Waals surface area contributed by atoms with Crippen molar-refractivity contribution in [1.29, 1.82) is 0 Å².